The van der Waals surface area contributed by atoms with Gasteiger partial charge >= 0.3 is 0 Å². The summed E-state index contributed by atoms with van der Waals surface area (Å²) >= 11 is 0. The summed E-state index contributed by atoms with van der Waals surface area (Å²) in [5.74, 6) is 0.409. The molecule has 1 nitrogen and oxygen atoms in total. The Hall–Kier alpha value is -1.15. The van der Waals surface area contributed by atoms with Crippen molar-refractivity contribution in [2.45, 2.75) is 33.2 Å². The minimum absolute atomic E-state index is 0.182. The summed E-state index contributed by atoms with van der Waals surface area (Å²) in [6.45, 7) is 6.61. The Kier molecular flexibility index (Phi) is 5.54. The highest BCUT2D eigenvalue weighted by molar-refractivity contribution is 5.25. The third-order valence-electron chi connectivity index (χ3n) is 3.58. The first kappa shape index (κ1) is 14.9. The molecule has 0 aliphatic carbocycles. The maximum absolute atomic E-state index is 13.0. The van der Waals surface area contributed by atoms with Crippen LogP contribution in [-0.2, 0) is 0 Å². The summed E-state index contributed by atoms with van der Waals surface area (Å²) in [7, 11) is 4.10. The zero-order chi connectivity index (χ0) is 13.7. The summed E-state index contributed by atoms with van der Waals surface area (Å²) in [6.07, 6.45) is 3.42. The van der Waals surface area contributed by atoms with Crippen LogP contribution < -0.4 is 0 Å². The minimum atomic E-state index is -0.182. The van der Waals surface area contributed by atoms with E-state index < -0.39 is 0 Å². The van der Waals surface area contributed by atoms with Crippen LogP contribution in [0.5, 0.6) is 0 Å². The highest BCUT2D eigenvalue weighted by Crippen LogP contribution is 2.24. The molecule has 2 atom stereocenters. The van der Waals surface area contributed by atoms with Crippen molar-refractivity contribution < 1.29 is 4.39 Å². The number of likely N-dealkylation sites (N-methyl/N-ethyl adjacent to an activating group) is 1. The number of benzene rings is 1. The van der Waals surface area contributed by atoms with Crippen LogP contribution in [0.4, 0.5) is 4.39 Å². The molecule has 100 valence electrons. The Morgan fingerprint density at radius 2 is 1.83 bits per heavy atom. The number of hydrogen-bond acceptors (Lipinski definition) is 1. The normalized spacial score (nSPS) is 15.8. The number of rotatable bonds is 5. The van der Waals surface area contributed by atoms with Gasteiger partial charge in [0.1, 0.15) is 5.82 Å². The summed E-state index contributed by atoms with van der Waals surface area (Å²) in [5.41, 5.74) is 2.52. The van der Waals surface area contributed by atoms with Crippen molar-refractivity contribution in [3.05, 3.63) is 47.3 Å². The molecule has 0 aliphatic rings. The highest BCUT2D eigenvalue weighted by Gasteiger charge is 2.13. The van der Waals surface area contributed by atoms with Gasteiger partial charge in [0.05, 0.1) is 6.04 Å². The fourth-order valence-corrected chi connectivity index (χ4v) is 1.94. The van der Waals surface area contributed by atoms with E-state index in [4.69, 9.17) is 0 Å². The summed E-state index contributed by atoms with van der Waals surface area (Å²) in [6, 6.07) is 6.98. The largest absolute Gasteiger partial charge is 0.299 e. The Balaban J connectivity index is 3.00. The van der Waals surface area contributed by atoms with Crippen molar-refractivity contribution >= 4 is 0 Å². The van der Waals surface area contributed by atoms with Gasteiger partial charge in [-0.2, -0.15) is 0 Å². The summed E-state index contributed by atoms with van der Waals surface area (Å²) in [5, 5.41) is 0. The van der Waals surface area contributed by atoms with Gasteiger partial charge in [-0.15, -0.1) is 0 Å². The SMILES string of the molecule is CCC(C)/C(C)=C/C(c1ccc(F)cc1)N(C)C. The van der Waals surface area contributed by atoms with Crippen molar-refractivity contribution in [3.8, 4) is 0 Å². The molecule has 0 spiro atoms. The molecule has 18 heavy (non-hydrogen) atoms. The van der Waals surface area contributed by atoms with Crippen LogP contribution in [-0.4, -0.2) is 19.0 Å². The molecule has 0 aliphatic heterocycles. The van der Waals surface area contributed by atoms with Gasteiger partial charge in [-0.3, -0.25) is 4.90 Å². The van der Waals surface area contributed by atoms with Crippen molar-refractivity contribution in [2.24, 2.45) is 5.92 Å². The fourth-order valence-electron chi connectivity index (χ4n) is 1.94. The fraction of sp³-hybridized carbons (Fsp3) is 0.500. The minimum Gasteiger partial charge on any atom is -0.299 e. The van der Waals surface area contributed by atoms with Gasteiger partial charge in [0.15, 0.2) is 0 Å². The highest BCUT2D eigenvalue weighted by atomic mass is 19.1. The lowest BCUT2D eigenvalue weighted by molar-refractivity contribution is 0.348. The van der Waals surface area contributed by atoms with E-state index in [0.717, 1.165) is 12.0 Å². The predicted molar refractivity (Wildman–Crippen MR) is 76.0 cm³/mol. The standard InChI is InChI=1S/C16H24FN/c1-6-12(2)13(3)11-16(18(4)5)14-7-9-15(17)10-8-14/h7-12,16H,6H2,1-5H3/b13-11+. The molecular formula is C16H24FN. The van der Waals surface area contributed by atoms with E-state index in [1.165, 1.54) is 17.7 Å². The van der Waals surface area contributed by atoms with Gasteiger partial charge in [-0.1, -0.05) is 37.6 Å². The van der Waals surface area contributed by atoms with Gasteiger partial charge in [0, 0.05) is 0 Å². The number of nitrogens with zero attached hydrogens (tertiary/aromatic N) is 1. The Bertz CT molecular complexity index is 392. The Labute approximate surface area is 110 Å². The van der Waals surface area contributed by atoms with Crippen LogP contribution >= 0.6 is 0 Å². The third-order valence-corrected chi connectivity index (χ3v) is 3.58. The van der Waals surface area contributed by atoms with Crippen LogP contribution in [0.15, 0.2) is 35.9 Å². The quantitative estimate of drug-likeness (QED) is 0.698. The van der Waals surface area contributed by atoms with Gasteiger partial charge < -0.3 is 0 Å². The van der Waals surface area contributed by atoms with E-state index in [-0.39, 0.29) is 11.9 Å². The third kappa shape index (κ3) is 3.95. The van der Waals surface area contributed by atoms with Crippen molar-refractivity contribution in [1.82, 2.24) is 4.90 Å². The second-order valence-electron chi connectivity index (χ2n) is 5.18. The lowest BCUT2D eigenvalue weighted by atomic mass is 9.95. The monoisotopic (exact) mass is 249 g/mol. The van der Waals surface area contributed by atoms with E-state index in [1.54, 1.807) is 0 Å². The van der Waals surface area contributed by atoms with E-state index in [9.17, 15) is 4.39 Å². The number of allylic oxidation sites excluding steroid dienone is 1. The molecule has 0 bridgehead atoms. The molecule has 0 fully saturated rings. The molecule has 0 amide bonds. The Morgan fingerprint density at radius 3 is 2.28 bits per heavy atom. The van der Waals surface area contributed by atoms with Crippen LogP contribution in [0.25, 0.3) is 0 Å². The number of halogens is 1. The first-order valence-corrected chi connectivity index (χ1v) is 6.56. The molecule has 0 saturated heterocycles. The predicted octanol–water partition coefficient (Wildman–Crippen LogP) is 4.42. The van der Waals surface area contributed by atoms with Crippen molar-refractivity contribution in [3.63, 3.8) is 0 Å². The van der Waals surface area contributed by atoms with Crippen LogP contribution in [0.1, 0.15) is 38.8 Å². The lowest BCUT2D eigenvalue weighted by Gasteiger charge is -2.23. The molecular weight excluding hydrogens is 225 g/mol. The van der Waals surface area contributed by atoms with E-state index in [2.05, 4.69) is 45.8 Å². The molecule has 0 heterocycles. The smallest absolute Gasteiger partial charge is 0.123 e. The second kappa shape index (κ2) is 6.69. The molecule has 1 rings (SSSR count). The zero-order valence-electron chi connectivity index (χ0n) is 12.1. The van der Waals surface area contributed by atoms with Crippen LogP contribution in [0, 0.1) is 11.7 Å². The van der Waals surface area contributed by atoms with Crippen molar-refractivity contribution in [1.29, 1.82) is 0 Å². The van der Waals surface area contributed by atoms with E-state index in [1.807, 2.05) is 12.1 Å². The van der Waals surface area contributed by atoms with Gasteiger partial charge in [0.2, 0.25) is 0 Å². The average molecular weight is 249 g/mol. The zero-order valence-corrected chi connectivity index (χ0v) is 12.1. The first-order valence-electron chi connectivity index (χ1n) is 6.56. The van der Waals surface area contributed by atoms with Gasteiger partial charge in [0.25, 0.3) is 0 Å². The topological polar surface area (TPSA) is 3.24 Å². The van der Waals surface area contributed by atoms with E-state index >= 15 is 0 Å². The maximum Gasteiger partial charge on any atom is 0.123 e. The average Bonchev–Trinajstić information content (AvgIpc) is 2.35. The van der Waals surface area contributed by atoms with Crippen LogP contribution in [0.2, 0.25) is 0 Å². The number of hydrogen-bond donors (Lipinski definition) is 0. The molecule has 0 aromatic heterocycles. The molecule has 2 heteroatoms. The van der Waals surface area contributed by atoms with E-state index in [0.29, 0.717) is 5.92 Å². The van der Waals surface area contributed by atoms with Crippen molar-refractivity contribution in [2.75, 3.05) is 14.1 Å². The summed E-state index contributed by atoms with van der Waals surface area (Å²) < 4.78 is 13.0. The Morgan fingerprint density at radius 1 is 1.28 bits per heavy atom. The molecule has 1 aromatic rings. The molecule has 0 N–H and O–H groups in total. The first-order chi connectivity index (χ1) is 8.45. The van der Waals surface area contributed by atoms with Gasteiger partial charge in [-0.05, 0) is 51.1 Å². The molecule has 2 unspecified atom stereocenters. The summed E-state index contributed by atoms with van der Waals surface area (Å²) in [4.78, 5) is 2.15. The van der Waals surface area contributed by atoms with Gasteiger partial charge in [-0.25, -0.2) is 4.39 Å². The lowest BCUT2D eigenvalue weighted by Crippen LogP contribution is -2.19. The molecule has 1 aromatic carbocycles. The second-order valence-corrected chi connectivity index (χ2v) is 5.18. The van der Waals surface area contributed by atoms with Crippen LogP contribution in [0.3, 0.4) is 0 Å². The maximum atomic E-state index is 13.0. The molecule has 0 saturated carbocycles. The molecule has 0 radical (unpaired) electrons.